The fourth-order valence-corrected chi connectivity index (χ4v) is 2.63. The van der Waals surface area contributed by atoms with E-state index in [-0.39, 0.29) is 6.42 Å². The van der Waals surface area contributed by atoms with E-state index in [0.717, 1.165) is 0 Å². The van der Waals surface area contributed by atoms with Gasteiger partial charge in [-0.15, -0.1) is 0 Å². The van der Waals surface area contributed by atoms with Crippen molar-refractivity contribution in [2.45, 2.75) is 24.3 Å². The average molecular weight is 283 g/mol. The number of sulfonamides is 1. The highest BCUT2D eigenvalue weighted by Gasteiger charge is 2.25. The van der Waals surface area contributed by atoms with Gasteiger partial charge >= 0.3 is 0 Å². The van der Waals surface area contributed by atoms with Crippen molar-refractivity contribution in [1.29, 1.82) is 0 Å². The molecular formula is C10H12F3NO3S. The van der Waals surface area contributed by atoms with Crippen LogP contribution in [0.5, 0.6) is 0 Å². The van der Waals surface area contributed by atoms with Gasteiger partial charge in [0.1, 0.15) is 4.90 Å². The van der Waals surface area contributed by atoms with E-state index in [1.807, 2.05) is 4.72 Å². The zero-order chi connectivity index (χ0) is 13.9. The molecule has 0 bridgehead atoms. The van der Waals surface area contributed by atoms with Crippen molar-refractivity contribution in [2.75, 3.05) is 6.61 Å². The van der Waals surface area contributed by atoms with E-state index in [2.05, 4.69) is 0 Å². The number of benzene rings is 1. The SMILES string of the molecule is CC[C@@H](CO)NS(=O)(=O)c1ccc(F)c(F)c1F. The summed E-state index contributed by atoms with van der Waals surface area (Å²) in [4.78, 5) is -0.992. The Labute approximate surface area is 102 Å². The quantitative estimate of drug-likeness (QED) is 0.797. The van der Waals surface area contributed by atoms with Gasteiger partial charge < -0.3 is 5.11 Å². The predicted molar refractivity (Wildman–Crippen MR) is 57.8 cm³/mol. The van der Waals surface area contributed by atoms with E-state index in [9.17, 15) is 21.6 Å². The lowest BCUT2D eigenvalue weighted by Crippen LogP contribution is -2.37. The molecule has 1 rings (SSSR count). The van der Waals surface area contributed by atoms with Gasteiger partial charge in [-0.2, -0.15) is 0 Å². The van der Waals surface area contributed by atoms with Gasteiger partial charge in [0.25, 0.3) is 0 Å². The number of hydrogen-bond donors (Lipinski definition) is 2. The van der Waals surface area contributed by atoms with E-state index >= 15 is 0 Å². The molecule has 0 amide bonds. The van der Waals surface area contributed by atoms with Crippen molar-refractivity contribution in [1.82, 2.24) is 4.72 Å². The third-order valence-corrected chi connectivity index (χ3v) is 3.86. The normalized spacial score (nSPS) is 13.6. The molecule has 0 aliphatic carbocycles. The molecule has 0 fully saturated rings. The first kappa shape index (κ1) is 14.9. The Morgan fingerprint density at radius 2 is 1.89 bits per heavy atom. The van der Waals surface area contributed by atoms with Gasteiger partial charge in [-0.1, -0.05) is 6.92 Å². The Hall–Kier alpha value is -1.12. The van der Waals surface area contributed by atoms with Crippen LogP contribution in [-0.2, 0) is 10.0 Å². The first-order valence-electron chi connectivity index (χ1n) is 5.10. The second-order valence-corrected chi connectivity index (χ2v) is 5.26. The highest BCUT2D eigenvalue weighted by Crippen LogP contribution is 2.19. The maximum Gasteiger partial charge on any atom is 0.243 e. The molecule has 0 unspecified atom stereocenters. The number of hydrogen-bond acceptors (Lipinski definition) is 3. The fraction of sp³-hybridized carbons (Fsp3) is 0.400. The Morgan fingerprint density at radius 1 is 1.28 bits per heavy atom. The summed E-state index contributed by atoms with van der Waals surface area (Å²) in [5.74, 6) is -5.11. The summed E-state index contributed by atoms with van der Waals surface area (Å²) in [5.41, 5.74) is 0. The molecule has 1 aromatic rings. The summed E-state index contributed by atoms with van der Waals surface area (Å²) in [6.45, 7) is 1.12. The number of halogens is 3. The number of aliphatic hydroxyl groups is 1. The molecule has 1 aromatic carbocycles. The van der Waals surface area contributed by atoms with Gasteiger partial charge in [0, 0.05) is 6.04 Å². The Morgan fingerprint density at radius 3 is 2.39 bits per heavy atom. The van der Waals surface area contributed by atoms with Crippen LogP contribution in [0.4, 0.5) is 13.2 Å². The molecule has 0 saturated heterocycles. The van der Waals surface area contributed by atoms with Crippen molar-refractivity contribution < 1.29 is 26.7 Å². The van der Waals surface area contributed by atoms with Crippen LogP contribution < -0.4 is 4.72 Å². The summed E-state index contributed by atoms with van der Waals surface area (Å²) in [6.07, 6.45) is 0.265. The molecule has 4 nitrogen and oxygen atoms in total. The summed E-state index contributed by atoms with van der Waals surface area (Å²) in [6, 6.07) is 0.329. The standard InChI is InChI=1S/C10H12F3NO3S/c1-2-6(5-15)14-18(16,17)8-4-3-7(11)9(12)10(8)13/h3-4,6,14-15H,2,5H2,1H3/t6-/m0/s1. The van der Waals surface area contributed by atoms with Crippen LogP contribution in [0.15, 0.2) is 17.0 Å². The summed E-state index contributed by atoms with van der Waals surface area (Å²) in [5, 5.41) is 8.85. The fourth-order valence-electron chi connectivity index (χ4n) is 1.25. The maximum atomic E-state index is 13.3. The van der Waals surface area contributed by atoms with Gasteiger partial charge in [-0.25, -0.2) is 26.3 Å². The van der Waals surface area contributed by atoms with Crippen LogP contribution in [0, 0.1) is 17.5 Å². The minimum Gasteiger partial charge on any atom is -0.395 e. The van der Waals surface area contributed by atoms with E-state index < -0.39 is 45.0 Å². The lowest BCUT2D eigenvalue weighted by atomic mass is 10.3. The van der Waals surface area contributed by atoms with Crippen LogP contribution in [0.1, 0.15) is 13.3 Å². The summed E-state index contributed by atoms with van der Waals surface area (Å²) >= 11 is 0. The number of aliphatic hydroxyl groups excluding tert-OH is 1. The molecule has 0 radical (unpaired) electrons. The number of rotatable bonds is 5. The van der Waals surface area contributed by atoms with E-state index in [0.29, 0.717) is 12.1 Å². The molecule has 18 heavy (non-hydrogen) atoms. The molecule has 0 aliphatic heterocycles. The predicted octanol–water partition coefficient (Wildman–Crippen LogP) is 1.15. The van der Waals surface area contributed by atoms with Crippen molar-refractivity contribution >= 4 is 10.0 Å². The molecule has 0 spiro atoms. The third kappa shape index (κ3) is 3.01. The van der Waals surface area contributed by atoms with Gasteiger partial charge in [0.05, 0.1) is 6.61 Å². The zero-order valence-corrected chi connectivity index (χ0v) is 10.3. The lowest BCUT2D eigenvalue weighted by molar-refractivity contribution is 0.253. The largest absolute Gasteiger partial charge is 0.395 e. The van der Waals surface area contributed by atoms with E-state index in [1.54, 1.807) is 6.92 Å². The molecule has 0 aromatic heterocycles. The van der Waals surface area contributed by atoms with Crippen LogP contribution in [0.3, 0.4) is 0 Å². The van der Waals surface area contributed by atoms with Gasteiger partial charge in [0.15, 0.2) is 17.5 Å². The van der Waals surface area contributed by atoms with Crippen molar-refractivity contribution in [3.63, 3.8) is 0 Å². The maximum absolute atomic E-state index is 13.3. The first-order chi connectivity index (χ1) is 8.33. The average Bonchev–Trinajstić information content (AvgIpc) is 2.32. The van der Waals surface area contributed by atoms with Crippen molar-refractivity contribution in [3.8, 4) is 0 Å². The molecule has 8 heteroatoms. The molecule has 102 valence electrons. The molecule has 1 atom stereocenters. The smallest absolute Gasteiger partial charge is 0.243 e. The molecule has 0 heterocycles. The van der Waals surface area contributed by atoms with Gasteiger partial charge in [-0.3, -0.25) is 0 Å². The van der Waals surface area contributed by atoms with E-state index in [1.165, 1.54) is 0 Å². The zero-order valence-electron chi connectivity index (χ0n) is 9.45. The Bertz CT molecular complexity index is 529. The van der Waals surface area contributed by atoms with Gasteiger partial charge in [-0.05, 0) is 18.6 Å². The minimum atomic E-state index is -4.35. The lowest BCUT2D eigenvalue weighted by Gasteiger charge is -2.14. The monoisotopic (exact) mass is 283 g/mol. The highest BCUT2D eigenvalue weighted by molar-refractivity contribution is 7.89. The summed E-state index contributed by atoms with van der Waals surface area (Å²) < 4.78 is 64.3. The van der Waals surface area contributed by atoms with Crippen molar-refractivity contribution in [2.24, 2.45) is 0 Å². The molecule has 0 aliphatic rings. The second kappa shape index (κ2) is 5.68. The van der Waals surface area contributed by atoms with E-state index in [4.69, 9.17) is 5.11 Å². The van der Waals surface area contributed by atoms with Crippen LogP contribution in [0.25, 0.3) is 0 Å². The molecular weight excluding hydrogens is 271 g/mol. The minimum absolute atomic E-state index is 0.265. The van der Waals surface area contributed by atoms with Gasteiger partial charge in [0.2, 0.25) is 10.0 Å². The van der Waals surface area contributed by atoms with Crippen LogP contribution in [-0.4, -0.2) is 26.2 Å². The first-order valence-corrected chi connectivity index (χ1v) is 6.58. The van der Waals surface area contributed by atoms with Crippen molar-refractivity contribution in [3.05, 3.63) is 29.6 Å². The third-order valence-electron chi connectivity index (χ3n) is 2.32. The summed E-state index contributed by atoms with van der Waals surface area (Å²) in [7, 11) is -4.35. The Balaban J connectivity index is 3.17. The number of nitrogens with one attached hydrogen (secondary N) is 1. The topological polar surface area (TPSA) is 66.4 Å². The second-order valence-electron chi connectivity index (χ2n) is 3.58. The molecule has 2 N–H and O–H groups in total. The molecule has 0 saturated carbocycles. The Kier molecular flexibility index (Phi) is 4.71. The van der Waals surface area contributed by atoms with Crippen LogP contribution >= 0.6 is 0 Å². The van der Waals surface area contributed by atoms with Crippen LogP contribution in [0.2, 0.25) is 0 Å². The highest BCUT2D eigenvalue weighted by atomic mass is 32.2.